The van der Waals surface area contributed by atoms with Crippen LogP contribution in [0.4, 0.5) is 5.82 Å². The molecule has 4 nitrogen and oxygen atoms in total. The summed E-state index contributed by atoms with van der Waals surface area (Å²) in [7, 11) is 0. The second kappa shape index (κ2) is 8.38. The van der Waals surface area contributed by atoms with Gasteiger partial charge in [-0.05, 0) is 44.0 Å². The van der Waals surface area contributed by atoms with E-state index in [0.29, 0.717) is 18.7 Å². The van der Waals surface area contributed by atoms with E-state index < -0.39 is 0 Å². The van der Waals surface area contributed by atoms with E-state index in [-0.39, 0.29) is 5.91 Å². The van der Waals surface area contributed by atoms with Crippen molar-refractivity contribution < 1.29 is 9.21 Å². The van der Waals surface area contributed by atoms with Crippen molar-refractivity contribution in [1.29, 1.82) is 0 Å². The molecule has 0 aromatic carbocycles. The maximum Gasteiger partial charge on any atom is 0.225 e. The smallest absolute Gasteiger partial charge is 0.225 e. The maximum absolute atomic E-state index is 12.0. The maximum atomic E-state index is 12.0. The zero-order valence-electron chi connectivity index (χ0n) is 14.1. The number of anilines is 1. The summed E-state index contributed by atoms with van der Waals surface area (Å²) in [4.78, 5) is 17.5. The van der Waals surface area contributed by atoms with Crippen molar-refractivity contribution in [2.75, 3.05) is 5.32 Å². The fraction of sp³-hybridized carbons (Fsp3) is 0.474. The second-order valence-electron chi connectivity index (χ2n) is 6.32. The molecule has 2 aromatic heterocycles. The van der Waals surface area contributed by atoms with Gasteiger partial charge in [0.25, 0.3) is 0 Å². The quantitative estimate of drug-likeness (QED) is 0.803. The Balaban J connectivity index is 1.45. The predicted molar refractivity (Wildman–Crippen MR) is 97.4 cm³/mol. The molecule has 1 aliphatic carbocycles. The summed E-state index contributed by atoms with van der Waals surface area (Å²) < 4.78 is 5.47. The van der Waals surface area contributed by atoms with Crippen molar-refractivity contribution in [1.82, 2.24) is 4.98 Å². The van der Waals surface area contributed by atoms with Crippen LogP contribution in [0.3, 0.4) is 0 Å². The lowest BCUT2D eigenvalue weighted by Crippen LogP contribution is -2.13. The lowest BCUT2D eigenvalue weighted by Gasteiger charge is -2.20. The topological polar surface area (TPSA) is 55.1 Å². The Morgan fingerprint density at radius 1 is 1.25 bits per heavy atom. The number of hydrogen-bond donors (Lipinski definition) is 1. The van der Waals surface area contributed by atoms with Gasteiger partial charge in [-0.1, -0.05) is 19.3 Å². The SMILES string of the molecule is Cc1ccc(CCC(=O)Nc2ccc(SC3CCCCC3)cn2)o1. The summed E-state index contributed by atoms with van der Waals surface area (Å²) in [6.45, 7) is 1.90. The highest BCUT2D eigenvalue weighted by molar-refractivity contribution is 8.00. The third kappa shape index (κ3) is 5.13. The van der Waals surface area contributed by atoms with Gasteiger partial charge in [0, 0.05) is 29.2 Å². The molecule has 0 radical (unpaired) electrons. The summed E-state index contributed by atoms with van der Waals surface area (Å²) in [5.74, 6) is 2.29. The molecule has 0 spiro atoms. The molecule has 0 unspecified atom stereocenters. The largest absolute Gasteiger partial charge is 0.466 e. The van der Waals surface area contributed by atoms with Crippen LogP contribution in [0, 0.1) is 6.92 Å². The van der Waals surface area contributed by atoms with Gasteiger partial charge in [0.2, 0.25) is 5.91 Å². The number of aromatic nitrogens is 1. The standard InChI is InChI=1S/C19H24N2O2S/c1-14-7-8-15(23-14)9-12-19(22)21-18-11-10-17(13-20-18)24-16-5-3-2-4-6-16/h7-8,10-11,13,16H,2-6,9,12H2,1H3,(H,20,21,22). The number of thioether (sulfide) groups is 1. The highest BCUT2D eigenvalue weighted by Crippen LogP contribution is 2.33. The zero-order valence-corrected chi connectivity index (χ0v) is 14.9. The Kier molecular flexibility index (Phi) is 5.96. The van der Waals surface area contributed by atoms with Gasteiger partial charge in [-0.25, -0.2) is 4.98 Å². The van der Waals surface area contributed by atoms with Crippen LogP contribution in [0.5, 0.6) is 0 Å². The molecule has 5 heteroatoms. The average Bonchev–Trinajstić information content (AvgIpc) is 3.01. The van der Waals surface area contributed by atoms with Gasteiger partial charge in [-0.3, -0.25) is 4.79 Å². The van der Waals surface area contributed by atoms with E-state index in [1.165, 1.54) is 37.0 Å². The first kappa shape index (κ1) is 17.1. The van der Waals surface area contributed by atoms with Gasteiger partial charge < -0.3 is 9.73 Å². The van der Waals surface area contributed by atoms with Gasteiger partial charge in [0.05, 0.1) is 0 Å². The molecule has 24 heavy (non-hydrogen) atoms. The lowest BCUT2D eigenvalue weighted by molar-refractivity contribution is -0.116. The highest BCUT2D eigenvalue weighted by Gasteiger charge is 2.14. The average molecular weight is 344 g/mol. The van der Waals surface area contributed by atoms with Crippen molar-refractivity contribution in [3.63, 3.8) is 0 Å². The lowest BCUT2D eigenvalue weighted by atomic mass is 10.0. The summed E-state index contributed by atoms with van der Waals surface area (Å²) >= 11 is 1.91. The van der Waals surface area contributed by atoms with Crippen molar-refractivity contribution >= 4 is 23.5 Å². The number of nitrogens with zero attached hydrogens (tertiary/aromatic N) is 1. The minimum Gasteiger partial charge on any atom is -0.466 e. The van der Waals surface area contributed by atoms with Crippen LogP contribution in [-0.2, 0) is 11.2 Å². The van der Waals surface area contributed by atoms with E-state index >= 15 is 0 Å². The van der Waals surface area contributed by atoms with Crippen LogP contribution in [0.15, 0.2) is 39.8 Å². The van der Waals surface area contributed by atoms with Crippen LogP contribution in [0.1, 0.15) is 50.0 Å². The van der Waals surface area contributed by atoms with Gasteiger partial charge in [-0.15, -0.1) is 11.8 Å². The molecule has 0 bridgehead atoms. The Morgan fingerprint density at radius 3 is 2.75 bits per heavy atom. The number of carbonyl (C=O) groups is 1. The molecule has 1 fully saturated rings. The van der Waals surface area contributed by atoms with Gasteiger partial charge in [0.15, 0.2) is 0 Å². The number of rotatable bonds is 6. The summed E-state index contributed by atoms with van der Waals surface area (Å²) in [6, 6.07) is 7.77. The number of nitrogens with one attached hydrogen (secondary N) is 1. The van der Waals surface area contributed by atoms with E-state index in [1.54, 1.807) is 0 Å². The molecule has 1 saturated carbocycles. The Morgan fingerprint density at radius 2 is 2.08 bits per heavy atom. The number of amides is 1. The van der Waals surface area contributed by atoms with Crippen LogP contribution >= 0.6 is 11.8 Å². The van der Waals surface area contributed by atoms with Crippen LogP contribution in [0.25, 0.3) is 0 Å². The van der Waals surface area contributed by atoms with Crippen molar-refractivity contribution in [3.8, 4) is 0 Å². The third-order valence-corrected chi connectivity index (χ3v) is 5.57. The van der Waals surface area contributed by atoms with Crippen molar-refractivity contribution in [3.05, 3.63) is 42.0 Å². The highest BCUT2D eigenvalue weighted by atomic mass is 32.2. The third-order valence-electron chi connectivity index (χ3n) is 4.25. The fourth-order valence-corrected chi connectivity index (χ4v) is 4.18. The number of pyridine rings is 1. The number of hydrogen-bond acceptors (Lipinski definition) is 4. The van der Waals surface area contributed by atoms with E-state index in [0.717, 1.165) is 16.8 Å². The summed E-state index contributed by atoms with van der Waals surface area (Å²) in [6.07, 6.45) is 9.53. The van der Waals surface area contributed by atoms with Gasteiger partial charge in [-0.2, -0.15) is 0 Å². The first-order valence-electron chi connectivity index (χ1n) is 8.67. The van der Waals surface area contributed by atoms with Gasteiger partial charge >= 0.3 is 0 Å². The van der Waals surface area contributed by atoms with Crippen LogP contribution < -0.4 is 5.32 Å². The second-order valence-corrected chi connectivity index (χ2v) is 7.69. The van der Waals surface area contributed by atoms with Crippen LogP contribution in [-0.4, -0.2) is 16.1 Å². The Hall–Kier alpha value is -1.75. The molecule has 1 aliphatic rings. The van der Waals surface area contributed by atoms with E-state index in [1.807, 2.05) is 43.1 Å². The Labute approximate surface area is 147 Å². The normalized spacial score (nSPS) is 15.4. The number of carbonyl (C=O) groups excluding carboxylic acids is 1. The monoisotopic (exact) mass is 344 g/mol. The molecule has 128 valence electrons. The molecule has 2 aromatic rings. The van der Waals surface area contributed by atoms with E-state index in [9.17, 15) is 4.79 Å². The summed E-state index contributed by atoms with van der Waals surface area (Å²) in [5.41, 5.74) is 0. The minimum atomic E-state index is -0.0377. The van der Waals surface area contributed by atoms with Crippen molar-refractivity contribution in [2.24, 2.45) is 0 Å². The fourth-order valence-electron chi connectivity index (χ4n) is 2.96. The van der Waals surface area contributed by atoms with E-state index in [4.69, 9.17) is 4.42 Å². The molecule has 0 atom stereocenters. The number of aryl methyl sites for hydroxylation is 2. The first-order valence-corrected chi connectivity index (χ1v) is 9.55. The molecule has 0 saturated heterocycles. The Bertz CT molecular complexity index is 660. The minimum absolute atomic E-state index is 0.0377. The van der Waals surface area contributed by atoms with Crippen molar-refractivity contribution in [2.45, 2.75) is 62.0 Å². The molecule has 1 amide bonds. The molecule has 3 rings (SSSR count). The van der Waals surface area contributed by atoms with Crippen LogP contribution in [0.2, 0.25) is 0 Å². The van der Waals surface area contributed by atoms with E-state index in [2.05, 4.69) is 16.4 Å². The molecular formula is C19H24N2O2S. The predicted octanol–water partition coefficient (Wildman–Crippen LogP) is 4.98. The molecule has 2 heterocycles. The molecule has 1 N–H and O–H groups in total. The summed E-state index contributed by atoms with van der Waals surface area (Å²) in [5, 5.41) is 3.57. The first-order chi connectivity index (χ1) is 11.7. The molecular weight excluding hydrogens is 320 g/mol. The number of furan rings is 1. The zero-order chi connectivity index (χ0) is 16.8. The molecule has 0 aliphatic heterocycles. The van der Waals surface area contributed by atoms with Gasteiger partial charge in [0.1, 0.15) is 17.3 Å².